The van der Waals surface area contributed by atoms with Crippen molar-refractivity contribution in [2.24, 2.45) is 5.41 Å². The lowest BCUT2D eigenvalue weighted by Gasteiger charge is -2.41. The van der Waals surface area contributed by atoms with Crippen molar-refractivity contribution in [1.82, 2.24) is 10.3 Å². The fraction of sp³-hybridized carbons (Fsp3) is 0.643. The van der Waals surface area contributed by atoms with Crippen LogP contribution in [0.25, 0.3) is 0 Å². The molecule has 1 aliphatic rings. The SMILES string of the molecule is CCC1(CNCc2cnccc2C)CCC1. The van der Waals surface area contributed by atoms with Crippen molar-refractivity contribution in [3.8, 4) is 0 Å². The number of nitrogens with zero attached hydrogens (tertiary/aromatic N) is 1. The lowest BCUT2D eigenvalue weighted by atomic mass is 9.67. The summed E-state index contributed by atoms with van der Waals surface area (Å²) in [5.74, 6) is 0. The third kappa shape index (κ3) is 2.43. The van der Waals surface area contributed by atoms with E-state index >= 15 is 0 Å². The van der Waals surface area contributed by atoms with Crippen LogP contribution < -0.4 is 5.32 Å². The maximum Gasteiger partial charge on any atom is 0.0315 e. The highest BCUT2D eigenvalue weighted by Crippen LogP contribution is 2.43. The first-order valence-corrected chi connectivity index (χ1v) is 6.36. The monoisotopic (exact) mass is 218 g/mol. The Kier molecular flexibility index (Phi) is 3.59. The molecule has 1 aromatic heterocycles. The summed E-state index contributed by atoms with van der Waals surface area (Å²) in [7, 11) is 0. The maximum atomic E-state index is 4.17. The zero-order valence-corrected chi connectivity index (χ0v) is 10.4. The van der Waals surface area contributed by atoms with E-state index in [1.165, 1.54) is 36.8 Å². The predicted molar refractivity (Wildman–Crippen MR) is 67.3 cm³/mol. The first-order valence-electron chi connectivity index (χ1n) is 6.36. The molecule has 1 heterocycles. The van der Waals surface area contributed by atoms with Crippen LogP contribution in [0, 0.1) is 12.3 Å². The Balaban J connectivity index is 1.82. The Bertz CT molecular complexity index is 337. The molecule has 2 rings (SSSR count). The fourth-order valence-electron chi connectivity index (χ4n) is 2.48. The fourth-order valence-corrected chi connectivity index (χ4v) is 2.48. The van der Waals surface area contributed by atoms with E-state index in [1.807, 2.05) is 12.4 Å². The van der Waals surface area contributed by atoms with Crippen molar-refractivity contribution in [3.63, 3.8) is 0 Å². The molecular formula is C14H22N2. The van der Waals surface area contributed by atoms with E-state index in [-0.39, 0.29) is 0 Å². The van der Waals surface area contributed by atoms with Crippen molar-refractivity contribution in [2.45, 2.75) is 46.1 Å². The molecule has 1 fully saturated rings. The largest absolute Gasteiger partial charge is 0.312 e. The molecule has 1 aliphatic carbocycles. The molecular weight excluding hydrogens is 196 g/mol. The normalized spacial score (nSPS) is 18.1. The van der Waals surface area contributed by atoms with E-state index in [0.717, 1.165) is 13.1 Å². The van der Waals surface area contributed by atoms with Crippen LogP contribution in [0.1, 0.15) is 43.7 Å². The number of hydrogen-bond donors (Lipinski definition) is 1. The van der Waals surface area contributed by atoms with Gasteiger partial charge in [0.05, 0.1) is 0 Å². The topological polar surface area (TPSA) is 24.9 Å². The van der Waals surface area contributed by atoms with Crippen molar-refractivity contribution >= 4 is 0 Å². The highest BCUT2D eigenvalue weighted by Gasteiger charge is 2.34. The summed E-state index contributed by atoms with van der Waals surface area (Å²) in [6.45, 7) is 6.59. The molecule has 0 aliphatic heterocycles. The lowest BCUT2D eigenvalue weighted by molar-refractivity contribution is 0.124. The number of aryl methyl sites for hydroxylation is 1. The average molecular weight is 218 g/mol. The minimum absolute atomic E-state index is 0.607. The minimum atomic E-state index is 0.607. The van der Waals surface area contributed by atoms with E-state index in [0.29, 0.717) is 5.41 Å². The third-order valence-corrected chi connectivity index (χ3v) is 4.13. The summed E-state index contributed by atoms with van der Waals surface area (Å²) in [4.78, 5) is 4.17. The standard InChI is InChI=1S/C14H22N2/c1-3-14(6-4-7-14)11-16-10-13-9-15-8-5-12(13)2/h5,8-9,16H,3-4,6-7,10-11H2,1-2H3. The quantitative estimate of drug-likeness (QED) is 0.821. The second-order valence-electron chi connectivity index (χ2n) is 5.11. The van der Waals surface area contributed by atoms with Gasteiger partial charge in [-0.1, -0.05) is 13.3 Å². The second kappa shape index (κ2) is 4.96. The first kappa shape index (κ1) is 11.6. The Morgan fingerprint density at radius 3 is 2.81 bits per heavy atom. The van der Waals surface area contributed by atoms with Gasteiger partial charge in [0.1, 0.15) is 0 Å². The van der Waals surface area contributed by atoms with E-state index in [9.17, 15) is 0 Å². The summed E-state index contributed by atoms with van der Waals surface area (Å²) in [5.41, 5.74) is 3.27. The molecule has 2 heteroatoms. The Labute approximate surface area is 98.5 Å². The van der Waals surface area contributed by atoms with Gasteiger partial charge in [-0.15, -0.1) is 0 Å². The van der Waals surface area contributed by atoms with Gasteiger partial charge in [0.25, 0.3) is 0 Å². The molecule has 88 valence electrons. The smallest absolute Gasteiger partial charge is 0.0315 e. The van der Waals surface area contributed by atoms with Crippen LogP contribution in [0.2, 0.25) is 0 Å². The lowest BCUT2D eigenvalue weighted by Crippen LogP contribution is -2.39. The summed E-state index contributed by atoms with van der Waals surface area (Å²) in [6, 6.07) is 2.08. The molecule has 0 atom stereocenters. The maximum absolute atomic E-state index is 4.17. The molecule has 1 saturated carbocycles. The molecule has 16 heavy (non-hydrogen) atoms. The van der Waals surface area contributed by atoms with Crippen molar-refractivity contribution in [1.29, 1.82) is 0 Å². The molecule has 0 aromatic carbocycles. The average Bonchev–Trinajstić information content (AvgIpc) is 2.25. The molecule has 0 bridgehead atoms. The molecule has 1 N–H and O–H groups in total. The van der Waals surface area contributed by atoms with Crippen molar-refractivity contribution in [2.75, 3.05) is 6.54 Å². The van der Waals surface area contributed by atoms with Crippen LogP contribution in [0.3, 0.4) is 0 Å². The van der Waals surface area contributed by atoms with Gasteiger partial charge in [0.15, 0.2) is 0 Å². The Morgan fingerprint density at radius 1 is 1.44 bits per heavy atom. The van der Waals surface area contributed by atoms with Gasteiger partial charge in [-0.2, -0.15) is 0 Å². The van der Waals surface area contributed by atoms with Crippen molar-refractivity contribution < 1.29 is 0 Å². The van der Waals surface area contributed by atoms with Crippen LogP contribution in [0.5, 0.6) is 0 Å². The highest BCUT2D eigenvalue weighted by atomic mass is 14.9. The zero-order valence-electron chi connectivity index (χ0n) is 10.4. The summed E-state index contributed by atoms with van der Waals surface area (Å²) in [6.07, 6.45) is 9.37. The van der Waals surface area contributed by atoms with Gasteiger partial charge in [0.2, 0.25) is 0 Å². The number of nitrogens with one attached hydrogen (secondary N) is 1. The van der Waals surface area contributed by atoms with E-state index in [4.69, 9.17) is 0 Å². The summed E-state index contributed by atoms with van der Waals surface area (Å²) >= 11 is 0. The van der Waals surface area contributed by atoms with Crippen LogP contribution in [-0.4, -0.2) is 11.5 Å². The summed E-state index contributed by atoms with van der Waals surface area (Å²) < 4.78 is 0. The van der Waals surface area contributed by atoms with Crippen molar-refractivity contribution in [3.05, 3.63) is 29.6 Å². The van der Waals surface area contributed by atoms with Gasteiger partial charge in [-0.3, -0.25) is 4.98 Å². The molecule has 0 saturated heterocycles. The van der Waals surface area contributed by atoms with Crippen LogP contribution >= 0.6 is 0 Å². The Morgan fingerprint density at radius 2 is 2.25 bits per heavy atom. The van der Waals surface area contributed by atoms with E-state index in [2.05, 4.69) is 30.2 Å². The predicted octanol–water partition coefficient (Wildman–Crippen LogP) is 3.06. The molecule has 0 radical (unpaired) electrons. The Hall–Kier alpha value is -0.890. The third-order valence-electron chi connectivity index (χ3n) is 4.13. The van der Waals surface area contributed by atoms with Crippen LogP contribution in [0.4, 0.5) is 0 Å². The number of pyridine rings is 1. The number of hydrogen-bond acceptors (Lipinski definition) is 2. The second-order valence-corrected chi connectivity index (χ2v) is 5.11. The van der Waals surface area contributed by atoms with Gasteiger partial charge in [-0.25, -0.2) is 0 Å². The van der Waals surface area contributed by atoms with Crippen LogP contribution in [-0.2, 0) is 6.54 Å². The molecule has 0 spiro atoms. The van der Waals surface area contributed by atoms with Gasteiger partial charge in [-0.05, 0) is 48.8 Å². The highest BCUT2D eigenvalue weighted by molar-refractivity contribution is 5.21. The number of rotatable bonds is 5. The minimum Gasteiger partial charge on any atom is -0.312 e. The van der Waals surface area contributed by atoms with Gasteiger partial charge < -0.3 is 5.32 Å². The summed E-state index contributed by atoms with van der Waals surface area (Å²) in [5, 5.41) is 3.60. The molecule has 1 aromatic rings. The molecule has 0 amide bonds. The first-order chi connectivity index (χ1) is 7.76. The molecule has 2 nitrogen and oxygen atoms in total. The zero-order chi connectivity index (χ0) is 11.4. The van der Waals surface area contributed by atoms with Crippen LogP contribution in [0.15, 0.2) is 18.5 Å². The van der Waals surface area contributed by atoms with Gasteiger partial charge in [0, 0.05) is 25.5 Å². The van der Waals surface area contributed by atoms with Gasteiger partial charge >= 0.3 is 0 Å². The van der Waals surface area contributed by atoms with E-state index in [1.54, 1.807) is 0 Å². The number of aromatic nitrogens is 1. The van der Waals surface area contributed by atoms with E-state index < -0.39 is 0 Å². The molecule has 0 unspecified atom stereocenters.